The fraction of sp³-hybridized carbons (Fsp3) is 0.235. The van der Waals surface area contributed by atoms with Gasteiger partial charge in [0.15, 0.2) is 6.04 Å². The number of rotatable bonds is 4. The Bertz CT molecular complexity index is 655. The molecular formula is C17H18FNO2. The third kappa shape index (κ3) is 3.40. The van der Waals surface area contributed by atoms with Crippen molar-refractivity contribution in [1.82, 2.24) is 0 Å². The summed E-state index contributed by atoms with van der Waals surface area (Å²) in [7, 11) is 1.32. The second kappa shape index (κ2) is 6.39. The predicted molar refractivity (Wildman–Crippen MR) is 80.7 cm³/mol. The summed E-state index contributed by atoms with van der Waals surface area (Å²) < 4.78 is 18.6. The van der Waals surface area contributed by atoms with Crippen molar-refractivity contribution in [1.29, 1.82) is 0 Å². The average molecular weight is 287 g/mol. The summed E-state index contributed by atoms with van der Waals surface area (Å²) in [5, 5.41) is 2.91. The number of aryl methyl sites for hydroxylation is 2. The number of methoxy groups -OCH3 is 1. The van der Waals surface area contributed by atoms with Gasteiger partial charge in [0.1, 0.15) is 5.82 Å². The molecule has 3 nitrogen and oxygen atoms in total. The van der Waals surface area contributed by atoms with E-state index in [2.05, 4.69) is 5.32 Å². The minimum absolute atomic E-state index is 0.270. The zero-order valence-electron chi connectivity index (χ0n) is 12.3. The van der Waals surface area contributed by atoms with Crippen molar-refractivity contribution in [3.63, 3.8) is 0 Å². The first-order valence-electron chi connectivity index (χ1n) is 6.69. The number of carbonyl (C=O) groups excluding carboxylic acids is 1. The van der Waals surface area contributed by atoms with Crippen LogP contribution in [0.15, 0.2) is 42.5 Å². The van der Waals surface area contributed by atoms with E-state index in [-0.39, 0.29) is 5.69 Å². The molecule has 1 atom stereocenters. The number of halogens is 1. The molecule has 2 aromatic rings. The summed E-state index contributed by atoms with van der Waals surface area (Å²) in [5.74, 6) is -0.864. The Hall–Kier alpha value is -2.36. The van der Waals surface area contributed by atoms with Crippen LogP contribution in [-0.4, -0.2) is 13.1 Å². The van der Waals surface area contributed by atoms with Crippen LogP contribution in [0.1, 0.15) is 22.7 Å². The fourth-order valence-electron chi connectivity index (χ4n) is 2.07. The number of ether oxygens (including phenoxy) is 1. The van der Waals surface area contributed by atoms with E-state index in [1.54, 1.807) is 18.2 Å². The molecule has 0 amide bonds. The van der Waals surface area contributed by atoms with Crippen molar-refractivity contribution in [3.8, 4) is 0 Å². The molecule has 0 saturated heterocycles. The molecular weight excluding hydrogens is 269 g/mol. The Morgan fingerprint density at radius 3 is 2.48 bits per heavy atom. The molecule has 0 aliphatic heterocycles. The van der Waals surface area contributed by atoms with E-state index in [1.807, 2.05) is 32.0 Å². The molecule has 0 aliphatic rings. The lowest BCUT2D eigenvalue weighted by Gasteiger charge is -2.19. The van der Waals surface area contributed by atoms with Crippen molar-refractivity contribution < 1.29 is 13.9 Å². The standard InChI is InChI=1S/C17H18FNO2/c1-11-8-9-13(10-12(11)2)16(17(20)21-3)19-15-7-5-4-6-14(15)18/h4-10,16,19H,1-3H3. The first-order valence-corrected chi connectivity index (χ1v) is 6.69. The van der Waals surface area contributed by atoms with Crippen LogP contribution < -0.4 is 5.32 Å². The number of benzene rings is 2. The highest BCUT2D eigenvalue weighted by molar-refractivity contribution is 5.81. The summed E-state index contributed by atoms with van der Waals surface area (Å²) in [6.07, 6.45) is 0. The number of hydrogen-bond acceptors (Lipinski definition) is 3. The van der Waals surface area contributed by atoms with Gasteiger partial charge in [-0.2, -0.15) is 0 Å². The summed E-state index contributed by atoms with van der Waals surface area (Å²) in [6, 6.07) is 11.2. The lowest BCUT2D eigenvalue weighted by Crippen LogP contribution is -2.23. The van der Waals surface area contributed by atoms with Gasteiger partial charge in [-0.15, -0.1) is 0 Å². The van der Waals surface area contributed by atoms with Crippen LogP contribution in [0.5, 0.6) is 0 Å². The van der Waals surface area contributed by atoms with Gasteiger partial charge < -0.3 is 10.1 Å². The highest BCUT2D eigenvalue weighted by atomic mass is 19.1. The molecule has 2 rings (SSSR count). The third-order valence-electron chi connectivity index (χ3n) is 3.47. The number of anilines is 1. The zero-order chi connectivity index (χ0) is 15.4. The van der Waals surface area contributed by atoms with Crippen LogP contribution in [0.25, 0.3) is 0 Å². The summed E-state index contributed by atoms with van der Waals surface area (Å²) in [6.45, 7) is 3.97. The number of para-hydroxylation sites is 1. The Morgan fingerprint density at radius 1 is 1.14 bits per heavy atom. The highest BCUT2D eigenvalue weighted by Crippen LogP contribution is 2.24. The quantitative estimate of drug-likeness (QED) is 0.870. The summed E-state index contributed by atoms with van der Waals surface area (Å²) in [5.41, 5.74) is 3.21. The van der Waals surface area contributed by atoms with Gasteiger partial charge >= 0.3 is 5.97 Å². The van der Waals surface area contributed by atoms with Gasteiger partial charge in [0, 0.05) is 0 Å². The number of esters is 1. The van der Waals surface area contributed by atoms with Crippen LogP contribution >= 0.6 is 0 Å². The van der Waals surface area contributed by atoms with Gasteiger partial charge in [-0.05, 0) is 42.7 Å². The number of hydrogen-bond donors (Lipinski definition) is 1. The van der Waals surface area contributed by atoms with E-state index < -0.39 is 17.8 Å². The molecule has 110 valence electrons. The maximum atomic E-state index is 13.8. The fourth-order valence-corrected chi connectivity index (χ4v) is 2.07. The molecule has 0 fully saturated rings. The number of nitrogens with one attached hydrogen (secondary N) is 1. The van der Waals surface area contributed by atoms with Gasteiger partial charge in [-0.1, -0.05) is 30.3 Å². The van der Waals surface area contributed by atoms with E-state index in [9.17, 15) is 9.18 Å². The molecule has 0 bridgehead atoms. The second-order valence-electron chi connectivity index (χ2n) is 4.92. The predicted octanol–water partition coefficient (Wildman–Crippen LogP) is 3.77. The largest absolute Gasteiger partial charge is 0.467 e. The van der Waals surface area contributed by atoms with E-state index >= 15 is 0 Å². The van der Waals surface area contributed by atoms with Crippen LogP contribution in [0.4, 0.5) is 10.1 Å². The summed E-state index contributed by atoms with van der Waals surface area (Å²) >= 11 is 0. The molecule has 1 unspecified atom stereocenters. The highest BCUT2D eigenvalue weighted by Gasteiger charge is 2.22. The lowest BCUT2D eigenvalue weighted by molar-refractivity contribution is -0.141. The molecule has 2 aromatic carbocycles. The monoisotopic (exact) mass is 287 g/mol. The molecule has 0 aromatic heterocycles. The van der Waals surface area contributed by atoms with Crippen molar-refractivity contribution in [2.45, 2.75) is 19.9 Å². The van der Waals surface area contributed by atoms with Gasteiger partial charge in [0.25, 0.3) is 0 Å². The minimum atomic E-state index is -0.744. The Balaban J connectivity index is 2.37. The van der Waals surface area contributed by atoms with Crippen molar-refractivity contribution >= 4 is 11.7 Å². The van der Waals surface area contributed by atoms with Crippen molar-refractivity contribution in [2.24, 2.45) is 0 Å². The third-order valence-corrected chi connectivity index (χ3v) is 3.47. The van der Waals surface area contributed by atoms with E-state index in [1.165, 1.54) is 13.2 Å². The van der Waals surface area contributed by atoms with Gasteiger partial charge in [0.2, 0.25) is 0 Å². The van der Waals surface area contributed by atoms with E-state index in [0.717, 1.165) is 16.7 Å². The molecule has 0 heterocycles. The maximum absolute atomic E-state index is 13.8. The van der Waals surface area contributed by atoms with Crippen LogP contribution in [0.2, 0.25) is 0 Å². The van der Waals surface area contributed by atoms with Gasteiger partial charge in [0.05, 0.1) is 12.8 Å². The first kappa shape index (κ1) is 15.0. The Labute approximate surface area is 123 Å². The van der Waals surface area contributed by atoms with Crippen LogP contribution in [0, 0.1) is 19.7 Å². The second-order valence-corrected chi connectivity index (χ2v) is 4.92. The topological polar surface area (TPSA) is 38.3 Å². The minimum Gasteiger partial charge on any atom is -0.467 e. The number of carbonyl (C=O) groups is 1. The van der Waals surface area contributed by atoms with Gasteiger partial charge in [-0.3, -0.25) is 0 Å². The van der Waals surface area contributed by atoms with E-state index in [0.29, 0.717) is 0 Å². The average Bonchev–Trinajstić information content (AvgIpc) is 2.48. The molecule has 0 spiro atoms. The van der Waals surface area contributed by atoms with Crippen molar-refractivity contribution in [2.75, 3.05) is 12.4 Å². The smallest absolute Gasteiger partial charge is 0.332 e. The molecule has 0 aliphatic carbocycles. The molecule has 0 saturated carbocycles. The maximum Gasteiger partial charge on any atom is 0.332 e. The molecule has 1 N–H and O–H groups in total. The zero-order valence-corrected chi connectivity index (χ0v) is 12.3. The first-order chi connectivity index (χ1) is 10.0. The SMILES string of the molecule is COC(=O)C(Nc1ccccc1F)c1ccc(C)c(C)c1. The van der Waals surface area contributed by atoms with E-state index in [4.69, 9.17) is 4.74 Å². The van der Waals surface area contributed by atoms with Crippen molar-refractivity contribution in [3.05, 3.63) is 65.0 Å². The van der Waals surface area contributed by atoms with Crippen LogP contribution in [-0.2, 0) is 9.53 Å². The molecule has 0 radical (unpaired) electrons. The molecule has 21 heavy (non-hydrogen) atoms. The van der Waals surface area contributed by atoms with Gasteiger partial charge in [-0.25, -0.2) is 9.18 Å². The summed E-state index contributed by atoms with van der Waals surface area (Å²) in [4.78, 5) is 12.0. The normalized spacial score (nSPS) is 11.8. The Kier molecular flexibility index (Phi) is 4.58. The Morgan fingerprint density at radius 2 is 1.86 bits per heavy atom. The molecule has 4 heteroatoms. The lowest BCUT2D eigenvalue weighted by atomic mass is 10.0. The van der Waals surface area contributed by atoms with Crippen LogP contribution in [0.3, 0.4) is 0 Å².